The Labute approximate surface area is 76.9 Å². The van der Waals surface area contributed by atoms with Crippen LogP contribution in [0.2, 0.25) is 0 Å². The molecule has 0 amide bonds. The molecule has 74 valence electrons. The van der Waals surface area contributed by atoms with Crippen LogP contribution in [0.3, 0.4) is 0 Å². The molecule has 0 bridgehead atoms. The fourth-order valence-electron chi connectivity index (χ4n) is 1.07. The van der Waals surface area contributed by atoms with Gasteiger partial charge >= 0.3 is 0 Å². The first kappa shape index (κ1) is 11.9. The van der Waals surface area contributed by atoms with Gasteiger partial charge in [-0.15, -0.1) is 0 Å². The van der Waals surface area contributed by atoms with Gasteiger partial charge in [-0.25, -0.2) is 8.57 Å². The second-order valence-corrected chi connectivity index (χ2v) is 6.74. The van der Waals surface area contributed by atoms with Gasteiger partial charge in [0.15, 0.2) is 0 Å². The lowest BCUT2D eigenvalue weighted by Gasteiger charge is -2.16. The minimum atomic E-state index is -1.91. The van der Waals surface area contributed by atoms with Gasteiger partial charge in [0.2, 0.25) is 0 Å². The summed E-state index contributed by atoms with van der Waals surface area (Å²) in [6.45, 7) is 9.99. The summed E-state index contributed by atoms with van der Waals surface area (Å²) < 4.78 is 16.4. The van der Waals surface area contributed by atoms with Gasteiger partial charge in [-0.1, -0.05) is 13.8 Å². The minimum absolute atomic E-state index is 0.164. The van der Waals surface area contributed by atoms with Gasteiger partial charge in [-0.3, -0.25) is 0 Å². The highest BCUT2D eigenvalue weighted by Crippen LogP contribution is 2.12. The molecule has 0 aliphatic carbocycles. The van der Waals surface area contributed by atoms with Crippen molar-refractivity contribution in [1.82, 2.24) is 0 Å². The van der Waals surface area contributed by atoms with E-state index in [1.54, 1.807) is 0 Å². The zero-order valence-corrected chi connectivity index (χ0v) is 9.70. The van der Waals surface area contributed by atoms with Crippen molar-refractivity contribution < 1.29 is 4.21 Å². The highest BCUT2D eigenvalue weighted by molar-refractivity contribution is 7.93. The molecule has 0 aliphatic heterocycles. The Morgan fingerprint density at radius 2 is 1.75 bits per heavy atom. The third-order valence-electron chi connectivity index (χ3n) is 1.41. The molecule has 2 nitrogen and oxygen atoms in total. The van der Waals surface area contributed by atoms with Crippen molar-refractivity contribution in [2.75, 3.05) is 11.5 Å². The molecule has 0 heterocycles. The van der Waals surface area contributed by atoms with Crippen molar-refractivity contribution in [2.24, 2.45) is 4.36 Å². The normalized spacial score (nSPS) is 17.1. The van der Waals surface area contributed by atoms with Crippen LogP contribution in [0, 0.1) is 0 Å². The summed E-state index contributed by atoms with van der Waals surface area (Å²) >= 11 is 0. The molecule has 1 unspecified atom stereocenters. The van der Waals surface area contributed by atoms with E-state index >= 15 is 0 Å². The van der Waals surface area contributed by atoms with Crippen molar-refractivity contribution in [2.45, 2.75) is 46.6 Å². The van der Waals surface area contributed by atoms with E-state index in [1.807, 2.05) is 34.6 Å². The summed E-state index contributed by atoms with van der Waals surface area (Å²) in [6, 6.07) is 0. The summed E-state index contributed by atoms with van der Waals surface area (Å²) in [5.74, 6) is 1.42. The second kappa shape index (κ2) is 4.26. The standard InChI is InChI=1S/C9H21NOS/c1-6-8-12(11,7-2)10-9(3,4)5/h6-8H2,1-5H3. The van der Waals surface area contributed by atoms with Crippen LogP contribution in [0.1, 0.15) is 41.0 Å². The predicted octanol–water partition coefficient (Wildman–Crippen LogP) is 2.68. The Kier molecular flexibility index (Phi) is 4.24. The molecule has 0 spiro atoms. The van der Waals surface area contributed by atoms with Crippen LogP contribution < -0.4 is 0 Å². The monoisotopic (exact) mass is 191 g/mol. The molecule has 0 aromatic carbocycles. The van der Waals surface area contributed by atoms with E-state index in [0.717, 1.165) is 12.2 Å². The topological polar surface area (TPSA) is 29.4 Å². The van der Waals surface area contributed by atoms with Crippen molar-refractivity contribution in [3.63, 3.8) is 0 Å². The molecule has 12 heavy (non-hydrogen) atoms. The van der Waals surface area contributed by atoms with Crippen molar-refractivity contribution in [3.05, 3.63) is 0 Å². The van der Waals surface area contributed by atoms with Gasteiger partial charge in [0, 0.05) is 21.2 Å². The van der Waals surface area contributed by atoms with E-state index in [4.69, 9.17) is 0 Å². The Morgan fingerprint density at radius 1 is 1.25 bits per heavy atom. The molecular formula is C9H21NOS. The predicted molar refractivity (Wildman–Crippen MR) is 56.0 cm³/mol. The van der Waals surface area contributed by atoms with Crippen LogP contribution in [0.5, 0.6) is 0 Å². The van der Waals surface area contributed by atoms with Crippen molar-refractivity contribution in [1.29, 1.82) is 0 Å². The highest BCUT2D eigenvalue weighted by atomic mass is 32.2. The lowest BCUT2D eigenvalue weighted by atomic mass is 10.1. The van der Waals surface area contributed by atoms with E-state index in [9.17, 15) is 4.21 Å². The Morgan fingerprint density at radius 3 is 2.00 bits per heavy atom. The maximum atomic E-state index is 12.0. The van der Waals surface area contributed by atoms with E-state index in [0.29, 0.717) is 5.75 Å². The average Bonchev–Trinajstić information content (AvgIpc) is 1.84. The molecule has 3 heteroatoms. The van der Waals surface area contributed by atoms with Crippen LogP contribution in [-0.4, -0.2) is 21.3 Å². The zero-order chi connectivity index (χ0) is 9.83. The third kappa shape index (κ3) is 4.75. The summed E-state index contributed by atoms with van der Waals surface area (Å²) in [7, 11) is -1.91. The summed E-state index contributed by atoms with van der Waals surface area (Å²) in [5.41, 5.74) is -0.164. The SMILES string of the molecule is CCCS(=O)(CC)=NC(C)(C)C. The Hall–Kier alpha value is -0.0500. The van der Waals surface area contributed by atoms with Crippen molar-refractivity contribution in [3.8, 4) is 0 Å². The second-order valence-electron chi connectivity index (χ2n) is 4.03. The third-order valence-corrected chi connectivity index (χ3v) is 4.24. The number of rotatable bonds is 3. The molecule has 0 fully saturated rings. The Balaban J connectivity index is 4.75. The van der Waals surface area contributed by atoms with Crippen LogP contribution in [-0.2, 0) is 9.73 Å². The first-order chi connectivity index (χ1) is 5.33. The van der Waals surface area contributed by atoms with Gasteiger partial charge in [0.1, 0.15) is 0 Å². The molecule has 0 radical (unpaired) electrons. The van der Waals surface area contributed by atoms with Gasteiger partial charge in [0.05, 0.1) is 5.54 Å². The highest BCUT2D eigenvalue weighted by Gasteiger charge is 2.13. The molecule has 0 saturated heterocycles. The van der Waals surface area contributed by atoms with Gasteiger partial charge in [0.25, 0.3) is 0 Å². The summed E-state index contributed by atoms with van der Waals surface area (Å²) in [4.78, 5) is 0. The molecule has 0 rings (SSSR count). The lowest BCUT2D eigenvalue weighted by molar-refractivity contribution is 0.580. The molecule has 0 aromatic rings. The first-order valence-electron chi connectivity index (χ1n) is 4.56. The van der Waals surface area contributed by atoms with E-state index in [1.165, 1.54) is 0 Å². The quantitative estimate of drug-likeness (QED) is 0.674. The fraction of sp³-hybridized carbons (Fsp3) is 1.00. The largest absolute Gasteiger partial charge is 0.250 e. The minimum Gasteiger partial charge on any atom is -0.250 e. The van der Waals surface area contributed by atoms with Gasteiger partial charge in [-0.2, -0.15) is 0 Å². The van der Waals surface area contributed by atoms with Crippen LogP contribution >= 0.6 is 0 Å². The molecule has 0 N–H and O–H groups in total. The molecular weight excluding hydrogens is 170 g/mol. The van der Waals surface area contributed by atoms with E-state index < -0.39 is 9.73 Å². The molecule has 0 saturated carbocycles. The van der Waals surface area contributed by atoms with E-state index in [2.05, 4.69) is 4.36 Å². The van der Waals surface area contributed by atoms with Crippen LogP contribution in [0.15, 0.2) is 4.36 Å². The number of nitrogens with zero attached hydrogens (tertiary/aromatic N) is 1. The summed E-state index contributed by atoms with van der Waals surface area (Å²) in [6.07, 6.45) is 0.951. The Bertz CT molecular complexity index is 231. The summed E-state index contributed by atoms with van der Waals surface area (Å²) in [5, 5.41) is 0. The molecule has 0 aliphatic rings. The maximum Gasteiger partial charge on any atom is 0.0618 e. The number of hydrogen-bond acceptors (Lipinski definition) is 2. The average molecular weight is 191 g/mol. The fourth-order valence-corrected chi connectivity index (χ4v) is 3.22. The smallest absolute Gasteiger partial charge is 0.0618 e. The van der Waals surface area contributed by atoms with Crippen molar-refractivity contribution >= 4 is 9.73 Å². The van der Waals surface area contributed by atoms with Gasteiger partial charge in [-0.05, 0) is 27.2 Å². The lowest BCUT2D eigenvalue weighted by Crippen LogP contribution is -2.18. The zero-order valence-electron chi connectivity index (χ0n) is 8.89. The van der Waals surface area contributed by atoms with Crippen LogP contribution in [0.4, 0.5) is 0 Å². The number of hydrogen-bond donors (Lipinski definition) is 0. The van der Waals surface area contributed by atoms with Gasteiger partial charge < -0.3 is 0 Å². The maximum absolute atomic E-state index is 12.0. The molecule has 0 aromatic heterocycles. The van der Waals surface area contributed by atoms with Crippen LogP contribution in [0.25, 0.3) is 0 Å². The van der Waals surface area contributed by atoms with E-state index in [-0.39, 0.29) is 5.54 Å². The first-order valence-corrected chi connectivity index (χ1v) is 6.42. The molecule has 1 atom stereocenters.